The Morgan fingerprint density at radius 2 is 2.13 bits per heavy atom. The Labute approximate surface area is 96.9 Å². The lowest BCUT2D eigenvalue weighted by Crippen LogP contribution is -2.08. The Kier molecular flexibility index (Phi) is 4.36. The molecule has 2 nitrogen and oxygen atoms in total. The molecule has 0 N–H and O–H groups in total. The van der Waals surface area contributed by atoms with Gasteiger partial charge in [0.2, 0.25) is 0 Å². The molecule has 1 aromatic carbocycles. The van der Waals surface area contributed by atoms with Crippen molar-refractivity contribution in [2.45, 2.75) is 13.3 Å². The first-order valence-electron chi connectivity index (χ1n) is 4.34. The third-order valence-electron chi connectivity index (χ3n) is 1.77. The van der Waals surface area contributed by atoms with Crippen LogP contribution in [0.15, 0.2) is 12.1 Å². The molecule has 1 aromatic rings. The molecule has 0 saturated carbocycles. The highest BCUT2D eigenvalue weighted by Crippen LogP contribution is 2.27. The van der Waals surface area contributed by atoms with Crippen LogP contribution in [0.4, 0.5) is 4.39 Å². The van der Waals surface area contributed by atoms with E-state index < -0.39 is 11.8 Å². The third kappa shape index (κ3) is 3.08. The molecule has 0 spiro atoms. The van der Waals surface area contributed by atoms with Gasteiger partial charge in [-0.3, -0.25) is 4.79 Å². The number of carbonyl (C=O) groups excluding carboxylic acids is 1. The van der Waals surface area contributed by atoms with Crippen molar-refractivity contribution >= 4 is 29.2 Å². The molecule has 0 fully saturated rings. The fraction of sp³-hybridized carbons (Fsp3) is 0.300. The van der Waals surface area contributed by atoms with Crippen LogP contribution in [0.2, 0.25) is 10.0 Å². The summed E-state index contributed by atoms with van der Waals surface area (Å²) < 4.78 is 17.8. The maximum absolute atomic E-state index is 13.1. The van der Waals surface area contributed by atoms with Crippen molar-refractivity contribution in [3.63, 3.8) is 0 Å². The molecule has 0 atom stereocenters. The predicted molar refractivity (Wildman–Crippen MR) is 56.8 cm³/mol. The molecule has 0 amide bonds. The Morgan fingerprint density at radius 3 is 2.73 bits per heavy atom. The largest absolute Gasteiger partial charge is 0.466 e. The Hall–Kier alpha value is -0.800. The topological polar surface area (TPSA) is 26.3 Å². The van der Waals surface area contributed by atoms with Gasteiger partial charge in [0.05, 0.1) is 18.1 Å². The van der Waals surface area contributed by atoms with Crippen LogP contribution >= 0.6 is 23.2 Å². The lowest BCUT2D eigenvalue weighted by atomic mass is 10.1. The summed E-state index contributed by atoms with van der Waals surface area (Å²) in [5.41, 5.74) is 0.261. The number of benzene rings is 1. The van der Waals surface area contributed by atoms with Gasteiger partial charge in [-0.2, -0.15) is 0 Å². The Balaban J connectivity index is 2.93. The van der Waals surface area contributed by atoms with Gasteiger partial charge in [-0.1, -0.05) is 23.2 Å². The standard InChI is InChI=1S/C10H9Cl2FO2/c1-2-15-9(14)5-6-7(11)3-4-8(13)10(6)12/h3-4H,2,5H2,1H3. The fourth-order valence-corrected chi connectivity index (χ4v) is 1.59. The Bertz CT molecular complexity index is 380. The van der Waals surface area contributed by atoms with Gasteiger partial charge in [-0.15, -0.1) is 0 Å². The number of halogens is 3. The molecule has 0 saturated heterocycles. The van der Waals surface area contributed by atoms with E-state index in [4.69, 9.17) is 27.9 Å². The molecule has 0 aliphatic carbocycles. The van der Waals surface area contributed by atoms with Gasteiger partial charge in [0.15, 0.2) is 0 Å². The van der Waals surface area contributed by atoms with Crippen LogP contribution in [-0.4, -0.2) is 12.6 Å². The molecule has 0 unspecified atom stereocenters. The first kappa shape index (κ1) is 12.3. The molecule has 15 heavy (non-hydrogen) atoms. The summed E-state index contributed by atoms with van der Waals surface area (Å²) in [6.07, 6.45) is -0.122. The van der Waals surface area contributed by atoms with E-state index in [0.717, 1.165) is 6.07 Å². The summed E-state index contributed by atoms with van der Waals surface area (Å²) in [7, 11) is 0. The second kappa shape index (κ2) is 5.33. The van der Waals surface area contributed by atoms with E-state index in [0.29, 0.717) is 0 Å². The van der Waals surface area contributed by atoms with Gasteiger partial charge in [-0.25, -0.2) is 4.39 Å². The summed E-state index contributed by atoms with van der Waals surface area (Å²) in [5, 5.41) is 0.130. The number of esters is 1. The van der Waals surface area contributed by atoms with Crippen LogP contribution in [-0.2, 0) is 16.0 Å². The van der Waals surface area contributed by atoms with E-state index in [1.165, 1.54) is 6.07 Å². The van der Waals surface area contributed by atoms with E-state index in [1.54, 1.807) is 6.92 Å². The molecule has 0 bridgehead atoms. The van der Waals surface area contributed by atoms with Crippen molar-refractivity contribution in [3.8, 4) is 0 Å². The summed E-state index contributed by atoms with van der Waals surface area (Å²) in [5.74, 6) is -1.08. The minimum absolute atomic E-state index is 0.122. The predicted octanol–water partition coefficient (Wildman–Crippen LogP) is 3.24. The summed E-state index contributed by atoms with van der Waals surface area (Å²) in [6, 6.07) is 2.51. The van der Waals surface area contributed by atoms with Crippen LogP contribution in [0.25, 0.3) is 0 Å². The minimum Gasteiger partial charge on any atom is -0.466 e. The lowest BCUT2D eigenvalue weighted by molar-refractivity contribution is -0.142. The van der Waals surface area contributed by atoms with Crippen LogP contribution in [0.5, 0.6) is 0 Å². The quantitative estimate of drug-likeness (QED) is 0.608. The van der Waals surface area contributed by atoms with Crippen molar-refractivity contribution in [2.24, 2.45) is 0 Å². The van der Waals surface area contributed by atoms with Crippen molar-refractivity contribution in [1.29, 1.82) is 0 Å². The maximum Gasteiger partial charge on any atom is 0.310 e. The van der Waals surface area contributed by atoms with Crippen molar-refractivity contribution in [1.82, 2.24) is 0 Å². The molecular formula is C10H9Cl2FO2. The van der Waals surface area contributed by atoms with Crippen LogP contribution in [0, 0.1) is 5.82 Å². The lowest BCUT2D eigenvalue weighted by Gasteiger charge is -2.07. The summed E-state index contributed by atoms with van der Waals surface area (Å²) in [4.78, 5) is 11.2. The SMILES string of the molecule is CCOC(=O)Cc1c(Cl)ccc(F)c1Cl. The normalized spacial score (nSPS) is 10.1. The maximum atomic E-state index is 13.1. The van der Waals surface area contributed by atoms with Gasteiger partial charge < -0.3 is 4.74 Å². The van der Waals surface area contributed by atoms with Gasteiger partial charge in [0, 0.05) is 10.6 Å². The molecular weight excluding hydrogens is 242 g/mol. The van der Waals surface area contributed by atoms with Gasteiger partial charge in [0.1, 0.15) is 5.82 Å². The number of ether oxygens (including phenoxy) is 1. The zero-order valence-corrected chi connectivity index (χ0v) is 9.53. The number of hydrogen-bond donors (Lipinski definition) is 0. The van der Waals surface area contributed by atoms with E-state index in [-0.39, 0.29) is 28.6 Å². The number of carbonyl (C=O) groups is 1. The first-order chi connectivity index (χ1) is 7.06. The fourth-order valence-electron chi connectivity index (χ4n) is 1.09. The van der Waals surface area contributed by atoms with E-state index >= 15 is 0 Å². The molecule has 1 rings (SSSR count). The average Bonchev–Trinajstić information content (AvgIpc) is 2.19. The highest BCUT2D eigenvalue weighted by Gasteiger charge is 2.14. The van der Waals surface area contributed by atoms with Gasteiger partial charge >= 0.3 is 5.97 Å². The summed E-state index contributed by atoms with van der Waals surface area (Å²) >= 11 is 11.5. The highest BCUT2D eigenvalue weighted by molar-refractivity contribution is 6.36. The van der Waals surface area contributed by atoms with Crippen molar-refractivity contribution in [2.75, 3.05) is 6.61 Å². The molecule has 0 radical (unpaired) electrons. The van der Waals surface area contributed by atoms with Crippen molar-refractivity contribution in [3.05, 3.63) is 33.6 Å². The monoisotopic (exact) mass is 250 g/mol. The number of hydrogen-bond acceptors (Lipinski definition) is 2. The van der Waals surface area contributed by atoms with E-state index in [2.05, 4.69) is 0 Å². The van der Waals surface area contributed by atoms with E-state index in [9.17, 15) is 9.18 Å². The van der Waals surface area contributed by atoms with E-state index in [1.807, 2.05) is 0 Å². The molecule has 0 aromatic heterocycles. The molecule has 82 valence electrons. The summed E-state index contributed by atoms with van der Waals surface area (Å²) in [6.45, 7) is 1.95. The second-order valence-electron chi connectivity index (χ2n) is 2.80. The molecule has 5 heteroatoms. The van der Waals surface area contributed by atoms with Gasteiger partial charge in [-0.05, 0) is 19.1 Å². The van der Waals surface area contributed by atoms with Crippen molar-refractivity contribution < 1.29 is 13.9 Å². The Morgan fingerprint density at radius 1 is 1.47 bits per heavy atom. The van der Waals surface area contributed by atoms with Crippen LogP contribution < -0.4 is 0 Å². The molecule has 0 aliphatic rings. The smallest absolute Gasteiger partial charge is 0.310 e. The molecule has 0 heterocycles. The van der Waals surface area contributed by atoms with Gasteiger partial charge in [0.25, 0.3) is 0 Å². The second-order valence-corrected chi connectivity index (χ2v) is 3.59. The highest BCUT2D eigenvalue weighted by atomic mass is 35.5. The van der Waals surface area contributed by atoms with Crippen LogP contribution in [0.1, 0.15) is 12.5 Å². The zero-order valence-electron chi connectivity index (χ0n) is 8.02. The molecule has 0 aliphatic heterocycles. The first-order valence-corrected chi connectivity index (χ1v) is 5.09. The third-order valence-corrected chi connectivity index (χ3v) is 2.53. The average molecular weight is 251 g/mol. The minimum atomic E-state index is -0.597. The van der Waals surface area contributed by atoms with Crippen LogP contribution in [0.3, 0.4) is 0 Å². The number of rotatable bonds is 3. The zero-order chi connectivity index (χ0) is 11.4.